The monoisotopic (exact) mass is 418 g/mol. The summed E-state index contributed by atoms with van der Waals surface area (Å²) in [6.07, 6.45) is 3.83. The maximum absolute atomic E-state index is 6.53. The second kappa shape index (κ2) is 10.2. The number of hydrogen-bond donors (Lipinski definition) is 1. The molecular weight excluding hydrogens is 388 g/mol. The van der Waals surface area contributed by atoms with Gasteiger partial charge in [0.15, 0.2) is 5.82 Å². The molecule has 29 heavy (non-hydrogen) atoms. The second-order valence-electron chi connectivity index (χ2n) is 7.13. The summed E-state index contributed by atoms with van der Waals surface area (Å²) >= 11 is 6.53. The quantitative estimate of drug-likeness (QED) is 0.633. The Morgan fingerprint density at radius 2 is 1.97 bits per heavy atom. The number of anilines is 1. The third kappa shape index (κ3) is 5.00. The minimum Gasteiger partial charge on any atom is -0.497 e. The molecule has 1 atom stereocenters. The molecule has 1 aliphatic heterocycles. The molecule has 1 saturated heterocycles. The molecule has 1 aromatic carbocycles. The largest absolute Gasteiger partial charge is 0.497 e. The summed E-state index contributed by atoms with van der Waals surface area (Å²) < 4.78 is 10.9. The van der Waals surface area contributed by atoms with Crippen molar-refractivity contribution in [2.45, 2.75) is 52.5 Å². The van der Waals surface area contributed by atoms with Crippen LogP contribution in [0.15, 0.2) is 18.2 Å². The molecule has 0 aliphatic carbocycles. The number of nitrogens with one attached hydrogen (secondary N) is 1. The van der Waals surface area contributed by atoms with Gasteiger partial charge in [-0.2, -0.15) is 0 Å². The summed E-state index contributed by atoms with van der Waals surface area (Å²) in [5.74, 6) is 1.56. The molecule has 1 aromatic heterocycles. The van der Waals surface area contributed by atoms with E-state index in [-0.39, 0.29) is 0 Å². The van der Waals surface area contributed by atoms with Crippen molar-refractivity contribution in [2.24, 2.45) is 0 Å². The van der Waals surface area contributed by atoms with Gasteiger partial charge in [-0.1, -0.05) is 25.4 Å². The number of rotatable bonds is 9. The van der Waals surface area contributed by atoms with Crippen LogP contribution >= 0.6 is 11.6 Å². The first-order chi connectivity index (χ1) is 14.1. The summed E-state index contributed by atoms with van der Waals surface area (Å²) in [5.41, 5.74) is 7.12. The lowest BCUT2D eigenvalue weighted by Crippen LogP contribution is -2.38. The first-order valence-corrected chi connectivity index (χ1v) is 10.8. The van der Waals surface area contributed by atoms with Gasteiger partial charge in [0.1, 0.15) is 5.75 Å². The van der Waals surface area contributed by atoms with Crippen LogP contribution in [0.5, 0.6) is 5.75 Å². The van der Waals surface area contributed by atoms with E-state index in [0.29, 0.717) is 11.1 Å². The minimum atomic E-state index is 0.363. The van der Waals surface area contributed by atoms with Crippen molar-refractivity contribution in [1.82, 2.24) is 15.0 Å². The summed E-state index contributed by atoms with van der Waals surface area (Å²) in [7, 11) is 1.63. The molecule has 7 heteroatoms. The predicted molar refractivity (Wildman–Crippen MR) is 118 cm³/mol. The van der Waals surface area contributed by atoms with E-state index >= 15 is 0 Å². The van der Waals surface area contributed by atoms with Gasteiger partial charge >= 0.3 is 0 Å². The Morgan fingerprint density at radius 3 is 2.62 bits per heavy atom. The molecule has 2 heterocycles. The molecule has 0 spiro atoms. The molecule has 158 valence electrons. The standard InChI is InChI=1S/C22H31ClN4O2/c1-5-19-21(17-11-10-16(28-4)13-18(17)23)24-20(6-2)22(25-19)26-27-12-8-9-15(27)14-29-7-3/h10-11,13,15H,5-9,12,14H2,1-4H3,(H,25,26)/t15-/m1/s1. The lowest BCUT2D eigenvalue weighted by molar-refractivity contribution is 0.0943. The molecule has 3 rings (SSSR count). The average molecular weight is 419 g/mol. The third-order valence-corrected chi connectivity index (χ3v) is 5.60. The second-order valence-corrected chi connectivity index (χ2v) is 7.54. The Labute approximate surface area is 178 Å². The van der Waals surface area contributed by atoms with Crippen LogP contribution in [0, 0.1) is 0 Å². The zero-order chi connectivity index (χ0) is 20.8. The smallest absolute Gasteiger partial charge is 0.162 e. The lowest BCUT2D eigenvalue weighted by Gasteiger charge is -2.26. The van der Waals surface area contributed by atoms with Gasteiger partial charge in [-0.25, -0.2) is 15.0 Å². The minimum absolute atomic E-state index is 0.363. The molecule has 1 aliphatic rings. The first-order valence-electron chi connectivity index (χ1n) is 10.5. The van der Waals surface area contributed by atoms with Gasteiger partial charge in [-0.3, -0.25) is 0 Å². The number of aryl methyl sites for hydroxylation is 2. The van der Waals surface area contributed by atoms with Crippen molar-refractivity contribution >= 4 is 17.4 Å². The van der Waals surface area contributed by atoms with E-state index < -0.39 is 0 Å². The zero-order valence-corrected chi connectivity index (χ0v) is 18.6. The van der Waals surface area contributed by atoms with E-state index in [1.54, 1.807) is 7.11 Å². The van der Waals surface area contributed by atoms with E-state index in [1.165, 1.54) is 0 Å². The molecule has 0 unspecified atom stereocenters. The fraction of sp³-hybridized carbons (Fsp3) is 0.545. The molecule has 0 bridgehead atoms. The number of nitrogens with zero attached hydrogens (tertiary/aromatic N) is 3. The van der Waals surface area contributed by atoms with Gasteiger partial charge in [0, 0.05) is 18.7 Å². The summed E-state index contributed by atoms with van der Waals surface area (Å²) in [5, 5.41) is 2.87. The predicted octanol–water partition coefficient (Wildman–Crippen LogP) is 4.76. The molecule has 1 N–H and O–H groups in total. The Hall–Kier alpha value is -1.89. The summed E-state index contributed by atoms with van der Waals surface area (Å²) in [6.45, 7) is 8.68. The number of aromatic nitrogens is 2. The highest BCUT2D eigenvalue weighted by Gasteiger charge is 2.26. The zero-order valence-electron chi connectivity index (χ0n) is 17.8. The molecular formula is C22H31ClN4O2. The van der Waals surface area contributed by atoms with E-state index in [1.807, 2.05) is 25.1 Å². The number of hydrogen-bond acceptors (Lipinski definition) is 6. The fourth-order valence-corrected chi connectivity index (χ4v) is 3.92. The molecule has 0 radical (unpaired) electrons. The highest BCUT2D eigenvalue weighted by molar-refractivity contribution is 6.33. The number of methoxy groups -OCH3 is 1. The number of halogens is 1. The molecule has 0 amide bonds. The number of ether oxygens (including phenoxy) is 2. The van der Waals surface area contributed by atoms with Crippen molar-refractivity contribution in [3.05, 3.63) is 34.6 Å². The topological polar surface area (TPSA) is 59.5 Å². The maximum Gasteiger partial charge on any atom is 0.162 e. The molecule has 6 nitrogen and oxygen atoms in total. The Balaban J connectivity index is 1.92. The van der Waals surface area contributed by atoms with Gasteiger partial charge in [0.2, 0.25) is 0 Å². The molecule has 2 aromatic rings. The van der Waals surface area contributed by atoms with Crippen molar-refractivity contribution in [2.75, 3.05) is 32.3 Å². The molecule has 1 fully saturated rings. The van der Waals surface area contributed by atoms with Gasteiger partial charge in [-0.05, 0) is 50.8 Å². The summed E-state index contributed by atoms with van der Waals surface area (Å²) in [6, 6.07) is 6.04. The van der Waals surface area contributed by atoms with Crippen LogP contribution in [0.4, 0.5) is 5.82 Å². The van der Waals surface area contributed by atoms with E-state index in [9.17, 15) is 0 Å². The van der Waals surface area contributed by atoms with Crippen LogP contribution in [-0.2, 0) is 17.6 Å². The number of benzene rings is 1. The van der Waals surface area contributed by atoms with Crippen molar-refractivity contribution in [3.8, 4) is 17.0 Å². The van der Waals surface area contributed by atoms with Crippen LogP contribution in [0.3, 0.4) is 0 Å². The van der Waals surface area contributed by atoms with Gasteiger partial charge < -0.3 is 14.9 Å². The maximum atomic E-state index is 6.53. The lowest BCUT2D eigenvalue weighted by atomic mass is 10.1. The summed E-state index contributed by atoms with van der Waals surface area (Å²) in [4.78, 5) is 9.92. The SMILES string of the molecule is CCOC[C@H]1CCCN1Nc1nc(CC)c(-c2ccc(OC)cc2Cl)nc1CC. The van der Waals surface area contributed by atoms with Crippen molar-refractivity contribution < 1.29 is 9.47 Å². The Bertz CT molecular complexity index is 831. The van der Waals surface area contributed by atoms with Crippen molar-refractivity contribution in [3.63, 3.8) is 0 Å². The van der Waals surface area contributed by atoms with Crippen LogP contribution in [0.25, 0.3) is 11.3 Å². The number of hydrazine groups is 1. The van der Waals surface area contributed by atoms with Crippen molar-refractivity contribution in [1.29, 1.82) is 0 Å². The first kappa shape index (κ1) is 21.8. The van der Waals surface area contributed by atoms with E-state index in [4.69, 9.17) is 31.0 Å². The van der Waals surface area contributed by atoms with E-state index in [0.717, 1.165) is 79.7 Å². The van der Waals surface area contributed by atoms with Crippen LogP contribution in [0.1, 0.15) is 45.0 Å². The van der Waals surface area contributed by atoms with Crippen LogP contribution < -0.4 is 10.2 Å². The highest BCUT2D eigenvalue weighted by Crippen LogP contribution is 2.33. The Morgan fingerprint density at radius 1 is 1.17 bits per heavy atom. The van der Waals surface area contributed by atoms with Gasteiger partial charge in [0.05, 0.1) is 41.9 Å². The third-order valence-electron chi connectivity index (χ3n) is 5.28. The fourth-order valence-electron chi connectivity index (χ4n) is 3.66. The highest BCUT2D eigenvalue weighted by atomic mass is 35.5. The molecule has 0 saturated carbocycles. The van der Waals surface area contributed by atoms with Crippen LogP contribution in [-0.4, -0.2) is 47.9 Å². The van der Waals surface area contributed by atoms with Crippen LogP contribution in [0.2, 0.25) is 5.02 Å². The normalized spacial score (nSPS) is 16.9. The Kier molecular flexibility index (Phi) is 7.70. The average Bonchev–Trinajstić information content (AvgIpc) is 3.18. The van der Waals surface area contributed by atoms with Gasteiger partial charge in [0.25, 0.3) is 0 Å². The van der Waals surface area contributed by atoms with E-state index in [2.05, 4.69) is 24.3 Å². The van der Waals surface area contributed by atoms with Gasteiger partial charge in [-0.15, -0.1) is 0 Å².